The van der Waals surface area contributed by atoms with Crippen LogP contribution in [0.1, 0.15) is 39.7 Å². The number of carbonyl (C=O) groups excluding carboxylic acids is 1. The molecule has 118 valence electrons. The number of nitrogens with zero attached hydrogens (tertiary/aromatic N) is 1. The number of para-hydroxylation sites is 1. The fourth-order valence-electron chi connectivity index (χ4n) is 1.93. The molecule has 21 heavy (non-hydrogen) atoms. The van der Waals surface area contributed by atoms with E-state index >= 15 is 0 Å². The maximum Gasteiger partial charge on any atom is 0.247 e. The Kier molecular flexibility index (Phi) is 6.69. The summed E-state index contributed by atoms with van der Waals surface area (Å²) >= 11 is 6.37. The lowest BCUT2D eigenvalue weighted by Crippen LogP contribution is -2.44. The number of ether oxygens (including phenoxy) is 1. The van der Waals surface area contributed by atoms with Gasteiger partial charge in [0, 0.05) is 12.3 Å². The summed E-state index contributed by atoms with van der Waals surface area (Å²) < 4.78 is 5.58. The van der Waals surface area contributed by atoms with Crippen LogP contribution in [0.5, 0.6) is 0 Å². The van der Waals surface area contributed by atoms with E-state index in [-0.39, 0.29) is 18.1 Å². The van der Waals surface area contributed by atoms with Crippen molar-refractivity contribution < 1.29 is 9.53 Å². The summed E-state index contributed by atoms with van der Waals surface area (Å²) in [6.07, 6.45) is 0.916. The van der Waals surface area contributed by atoms with Crippen LogP contribution in [0.4, 0.5) is 5.69 Å². The van der Waals surface area contributed by atoms with Crippen LogP contribution in [-0.4, -0.2) is 24.6 Å². The van der Waals surface area contributed by atoms with Crippen molar-refractivity contribution in [1.29, 1.82) is 0 Å². The maximum atomic E-state index is 12.8. The number of alkyl halides is 1. The molecule has 1 aromatic rings. The molecule has 0 saturated carbocycles. The van der Waals surface area contributed by atoms with Gasteiger partial charge in [-0.1, -0.05) is 45.9 Å². The lowest BCUT2D eigenvalue weighted by molar-refractivity contribution is -0.121. The number of hydrogen-bond acceptors (Lipinski definition) is 2. The second-order valence-corrected chi connectivity index (χ2v) is 6.76. The van der Waals surface area contributed by atoms with Gasteiger partial charge in [0.2, 0.25) is 5.91 Å². The Morgan fingerprint density at radius 1 is 1.33 bits per heavy atom. The number of halogens is 1. The second kappa shape index (κ2) is 7.81. The molecule has 0 aromatic heterocycles. The van der Waals surface area contributed by atoms with Crippen molar-refractivity contribution in [3.63, 3.8) is 0 Å². The second-order valence-electron chi connectivity index (χ2n) is 6.32. The topological polar surface area (TPSA) is 29.5 Å². The molecular formula is C17H26ClNO2. The number of carbonyl (C=O) groups is 1. The molecular weight excluding hydrogens is 286 g/mol. The number of rotatable bonds is 6. The first-order chi connectivity index (χ1) is 9.79. The molecule has 0 heterocycles. The molecule has 0 aliphatic carbocycles. The average molecular weight is 312 g/mol. The largest absolute Gasteiger partial charge is 0.361 e. The third-order valence-electron chi connectivity index (χ3n) is 3.22. The quantitative estimate of drug-likeness (QED) is 0.443. The van der Waals surface area contributed by atoms with Gasteiger partial charge in [-0.25, -0.2) is 0 Å². The van der Waals surface area contributed by atoms with Crippen LogP contribution in [0.25, 0.3) is 0 Å². The molecule has 1 rings (SSSR count). The predicted molar refractivity (Wildman–Crippen MR) is 88.9 cm³/mol. The molecule has 1 aromatic carbocycles. The summed E-state index contributed by atoms with van der Waals surface area (Å²) in [5.41, 5.74) is 1.59. The summed E-state index contributed by atoms with van der Waals surface area (Å²) in [7, 11) is 0. The molecule has 0 aliphatic rings. The van der Waals surface area contributed by atoms with Crippen molar-refractivity contribution in [3.05, 3.63) is 29.8 Å². The SMILES string of the molecule is CCCOCN(C(=O)C(Cl)C(C)(C)C)c1ccccc1C. The van der Waals surface area contributed by atoms with Crippen molar-refractivity contribution in [2.45, 2.75) is 46.4 Å². The summed E-state index contributed by atoms with van der Waals surface area (Å²) in [5, 5.41) is -0.595. The summed E-state index contributed by atoms with van der Waals surface area (Å²) in [5.74, 6) is -0.116. The van der Waals surface area contributed by atoms with E-state index in [4.69, 9.17) is 16.3 Å². The molecule has 1 unspecified atom stereocenters. The zero-order chi connectivity index (χ0) is 16.0. The fourth-order valence-corrected chi connectivity index (χ4v) is 2.04. The van der Waals surface area contributed by atoms with Crippen molar-refractivity contribution in [1.82, 2.24) is 0 Å². The highest BCUT2D eigenvalue weighted by Gasteiger charge is 2.33. The minimum atomic E-state index is -0.595. The van der Waals surface area contributed by atoms with Crippen LogP contribution in [-0.2, 0) is 9.53 Å². The smallest absolute Gasteiger partial charge is 0.247 e. The zero-order valence-corrected chi connectivity index (χ0v) is 14.4. The number of benzene rings is 1. The standard InChI is InChI=1S/C17H26ClNO2/c1-6-11-21-12-19(14-10-8-7-9-13(14)2)16(20)15(18)17(3,4)5/h7-10,15H,6,11-12H2,1-5H3. The Labute approximate surface area is 133 Å². The van der Waals surface area contributed by atoms with Gasteiger partial charge in [-0.15, -0.1) is 11.6 Å². The maximum absolute atomic E-state index is 12.8. The van der Waals surface area contributed by atoms with Crippen LogP contribution in [0.2, 0.25) is 0 Å². The lowest BCUT2D eigenvalue weighted by atomic mass is 9.91. The molecule has 0 radical (unpaired) electrons. The number of aryl methyl sites for hydroxylation is 1. The predicted octanol–water partition coefficient (Wildman–Crippen LogP) is 4.37. The van der Waals surface area contributed by atoms with E-state index in [9.17, 15) is 4.79 Å². The number of hydrogen-bond donors (Lipinski definition) is 0. The monoisotopic (exact) mass is 311 g/mol. The van der Waals surface area contributed by atoms with Gasteiger partial charge in [0.1, 0.15) is 12.1 Å². The van der Waals surface area contributed by atoms with Gasteiger partial charge in [-0.3, -0.25) is 9.69 Å². The van der Waals surface area contributed by atoms with Crippen molar-refractivity contribution in [2.75, 3.05) is 18.2 Å². The van der Waals surface area contributed by atoms with Crippen molar-refractivity contribution in [3.8, 4) is 0 Å². The number of amides is 1. The van der Waals surface area contributed by atoms with Crippen molar-refractivity contribution in [2.24, 2.45) is 5.41 Å². The van der Waals surface area contributed by atoms with Crippen LogP contribution in [0.3, 0.4) is 0 Å². The lowest BCUT2D eigenvalue weighted by Gasteiger charge is -2.31. The highest BCUT2D eigenvalue weighted by atomic mass is 35.5. The first-order valence-electron chi connectivity index (χ1n) is 7.37. The van der Waals surface area contributed by atoms with Crippen molar-refractivity contribution >= 4 is 23.2 Å². The van der Waals surface area contributed by atoms with Gasteiger partial charge in [0.15, 0.2) is 0 Å². The third kappa shape index (κ3) is 5.01. The molecule has 4 heteroatoms. The van der Waals surface area contributed by atoms with E-state index in [2.05, 4.69) is 0 Å². The van der Waals surface area contributed by atoms with Crippen LogP contribution < -0.4 is 4.90 Å². The van der Waals surface area contributed by atoms with Crippen LogP contribution >= 0.6 is 11.6 Å². The molecule has 1 amide bonds. The Hall–Kier alpha value is -1.06. The van der Waals surface area contributed by atoms with Gasteiger partial charge in [0.25, 0.3) is 0 Å². The van der Waals surface area contributed by atoms with Gasteiger partial charge in [0.05, 0.1) is 0 Å². The Balaban J connectivity index is 3.03. The third-order valence-corrected chi connectivity index (χ3v) is 4.06. The molecule has 0 bridgehead atoms. The van der Waals surface area contributed by atoms with Gasteiger partial charge < -0.3 is 4.74 Å². The Bertz CT molecular complexity index is 468. The van der Waals surface area contributed by atoms with E-state index in [1.54, 1.807) is 4.90 Å². The van der Waals surface area contributed by atoms with E-state index in [1.807, 2.05) is 58.9 Å². The zero-order valence-electron chi connectivity index (χ0n) is 13.6. The Morgan fingerprint density at radius 3 is 2.48 bits per heavy atom. The normalized spacial score (nSPS) is 13.0. The van der Waals surface area contributed by atoms with Crippen LogP contribution in [0, 0.1) is 12.3 Å². The summed E-state index contributed by atoms with van der Waals surface area (Å²) in [6.45, 7) is 10.8. The van der Waals surface area contributed by atoms with E-state index in [0.29, 0.717) is 6.61 Å². The molecule has 1 atom stereocenters. The molecule has 0 N–H and O–H groups in total. The van der Waals surface area contributed by atoms with Gasteiger partial charge >= 0.3 is 0 Å². The summed E-state index contributed by atoms with van der Waals surface area (Å²) in [6, 6.07) is 7.78. The first-order valence-corrected chi connectivity index (χ1v) is 7.81. The number of anilines is 1. The fraction of sp³-hybridized carbons (Fsp3) is 0.588. The van der Waals surface area contributed by atoms with E-state index in [0.717, 1.165) is 17.7 Å². The van der Waals surface area contributed by atoms with E-state index in [1.165, 1.54) is 0 Å². The molecule has 0 spiro atoms. The van der Waals surface area contributed by atoms with Gasteiger partial charge in [-0.2, -0.15) is 0 Å². The van der Waals surface area contributed by atoms with Crippen LogP contribution in [0.15, 0.2) is 24.3 Å². The summed E-state index contributed by atoms with van der Waals surface area (Å²) in [4.78, 5) is 14.4. The molecule has 0 saturated heterocycles. The van der Waals surface area contributed by atoms with Gasteiger partial charge in [-0.05, 0) is 30.4 Å². The Morgan fingerprint density at radius 2 is 1.95 bits per heavy atom. The molecule has 0 aliphatic heterocycles. The van der Waals surface area contributed by atoms with E-state index < -0.39 is 5.38 Å². The minimum absolute atomic E-state index is 0.116. The molecule has 0 fully saturated rings. The first kappa shape index (κ1) is 18.0. The molecule has 3 nitrogen and oxygen atoms in total. The average Bonchev–Trinajstić information content (AvgIpc) is 2.42. The highest BCUT2D eigenvalue weighted by molar-refractivity contribution is 6.33. The minimum Gasteiger partial charge on any atom is -0.361 e. The highest BCUT2D eigenvalue weighted by Crippen LogP contribution is 2.29.